The van der Waals surface area contributed by atoms with Crippen molar-refractivity contribution in [1.29, 1.82) is 0 Å². The van der Waals surface area contributed by atoms with E-state index in [2.05, 4.69) is 28.2 Å². The Morgan fingerprint density at radius 3 is 2.81 bits per heavy atom. The van der Waals surface area contributed by atoms with E-state index in [0.717, 1.165) is 34.5 Å². The zero-order chi connectivity index (χ0) is 14.8. The zero-order valence-corrected chi connectivity index (χ0v) is 12.9. The summed E-state index contributed by atoms with van der Waals surface area (Å²) >= 11 is 0. The fourth-order valence-electron chi connectivity index (χ4n) is 3.09. The number of nitrogen functional groups attached to an aromatic ring is 1. The van der Waals surface area contributed by atoms with E-state index in [0.29, 0.717) is 6.04 Å². The van der Waals surface area contributed by atoms with Gasteiger partial charge < -0.3 is 11.1 Å². The molecule has 1 aromatic carbocycles. The van der Waals surface area contributed by atoms with E-state index >= 15 is 0 Å². The van der Waals surface area contributed by atoms with Crippen molar-refractivity contribution in [2.75, 3.05) is 30.7 Å². The largest absolute Gasteiger partial charge is 0.399 e. The van der Waals surface area contributed by atoms with Gasteiger partial charge in [0.15, 0.2) is 0 Å². The molecule has 3 N–H and O–H groups in total. The highest BCUT2D eigenvalue weighted by Crippen LogP contribution is 2.25. The van der Waals surface area contributed by atoms with Crippen LogP contribution in [0.25, 0.3) is 10.9 Å². The molecule has 21 heavy (non-hydrogen) atoms. The molecule has 0 radical (unpaired) electrons. The molecule has 0 saturated carbocycles. The molecule has 1 unspecified atom stereocenters. The second-order valence-electron chi connectivity index (χ2n) is 6.06. The van der Waals surface area contributed by atoms with Crippen molar-refractivity contribution < 1.29 is 0 Å². The lowest BCUT2D eigenvalue weighted by molar-refractivity contribution is 0.269. The van der Waals surface area contributed by atoms with Crippen molar-refractivity contribution in [2.45, 2.75) is 32.7 Å². The molecule has 4 heteroatoms. The van der Waals surface area contributed by atoms with Crippen LogP contribution >= 0.6 is 0 Å². The van der Waals surface area contributed by atoms with Gasteiger partial charge in [-0.1, -0.05) is 0 Å². The van der Waals surface area contributed by atoms with Crippen LogP contribution in [-0.4, -0.2) is 35.6 Å². The van der Waals surface area contributed by atoms with Gasteiger partial charge in [-0.05, 0) is 64.0 Å². The van der Waals surface area contributed by atoms with Crippen molar-refractivity contribution in [1.82, 2.24) is 9.88 Å². The summed E-state index contributed by atoms with van der Waals surface area (Å²) < 4.78 is 0. The quantitative estimate of drug-likeness (QED) is 0.847. The Morgan fingerprint density at radius 2 is 2.05 bits per heavy atom. The highest BCUT2D eigenvalue weighted by molar-refractivity contribution is 5.93. The number of aromatic nitrogens is 1. The first kappa shape index (κ1) is 14.1. The average molecular weight is 284 g/mol. The van der Waals surface area contributed by atoms with Crippen LogP contribution < -0.4 is 11.1 Å². The van der Waals surface area contributed by atoms with E-state index in [1.807, 2.05) is 25.1 Å². The van der Waals surface area contributed by atoms with E-state index < -0.39 is 0 Å². The van der Waals surface area contributed by atoms with Crippen LogP contribution in [-0.2, 0) is 0 Å². The predicted octanol–water partition coefficient (Wildman–Crippen LogP) is 3.02. The number of hydrogen-bond donors (Lipinski definition) is 2. The number of likely N-dealkylation sites (tertiary alicyclic amines) is 1. The summed E-state index contributed by atoms with van der Waals surface area (Å²) in [5.74, 6) is 0. The Hall–Kier alpha value is -1.81. The number of hydrogen-bond acceptors (Lipinski definition) is 4. The van der Waals surface area contributed by atoms with Crippen molar-refractivity contribution in [3.05, 3.63) is 30.0 Å². The van der Waals surface area contributed by atoms with Gasteiger partial charge in [-0.15, -0.1) is 0 Å². The number of anilines is 2. The lowest BCUT2D eigenvalue weighted by Gasteiger charge is -2.24. The third-order valence-corrected chi connectivity index (χ3v) is 4.31. The SMILES string of the molecule is Cc1cc(NCC(C)N2CCCC2)c2cc(N)ccc2n1. The number of pyridine rings is 1. The summed E-state index contributed by atoms with van der Waals surface area (Å²) in [6.07, 6.45) is 2.66. The highest BCUT2D eigenvalue weighted by Gasteiger charge is 2.17. The third kappa shape index (κ3) is 3.10. The summed E-state index contributed by atoms with van der Waals surface area (Å²) in [6, 6.07) is 8.57. The fourth-order valence-corrected chi connectivity index (χ4v) is 3.09. The van der Waals surface area contributed by atoms with Crippen LogP contribution in [0, 0.1) is 6.92 Å². The van der Waals surface area contributed by atoms with E-state index in [4.69, 9.17) is 5.73 Å². The molecule has 0 amide bonds. The molecular weight excluding hydrogens is 260 g/mol. The Morgan fingerprint density at radius 1 is 1.29 bits per heavy atom. The van der Waals surface area contributed by atoms with Gasteiger partial charge in [0, 0.05) is 35.0 Å². The molecule has 0 bridgehead atoms. The predicted molar refractivity (Wildman–Crippen MR) is 89.7 cm³/mol. The first-order valence-corrected chi connectivity index (χ1v) is 7.78. The van der Waals surface area contributed by atoms with Gasteiger partial charge in [0.2, 0.25) is 0 Å². The molecule has 1 fully saturated rings. The van der Waals surface area contributed by atoms with Gasteiger partial charge in [-0.25, -0.2) is 0 Å². The molecule has 0 spiro atoms. The Labute approximate surface area is 126 Å². The number of aryl methyl sites for hydroxylation is 1. The first-order chi connectivity index (χ1) is 10.1. The molecule has 4 nitrogen and oxygen atoms in total. The van der Waals surface area contributed by atoms with Crippen LogP contribution in [0.3, 0.4) is 0 Å². The average Bonchev–Trinajstić information content (AvgIpc) is 2.99. The minimum Gasteiger partial charge on any atom is -0.399 e. The van der Waals surface area contributed by atoms with Crippen LogP contribution in [0.1, 0.15) is 25.5 Å². The van der Waals surface area contributed by atoms with E-state index in [1.54, 1.807) is 0 Å². The number of nitrogens with one attached hydrogen (secondary N) is 1. The Balaban J connectivity index is 1.80. The molecule has 1 aliphatic rings. The summed E-state index contributed by atoms with van der Waals surface area (Å²) in [5.41, 5.74) is 9.87. The Bertz CT molecular complexity index is 632. The molecule has 1 saturated heterocycles. The van der Waals surface area contributed by atoms with Crippen molar-refractivity contribution >= 4 is 22.3 Å². The van der Waals surface area contributed by atoms with E-state index in [1.165, 1.54) is 25.9 Å². The maximum atomic E-state index is 5.92. The summed E-state index contributed by atoms with van der Waals surface area (Å²) in [4.78, 5) is 7.13. The van der Waals surface area contributed by atoms with Crippen LogP contribution in [0.4, 0.5) is 11.4 Å². The molecule has 3 rings (SSSR count). The van der Waals surface area contributed by atoms with E-state index in [-0.39, 0.29) is 0 Å². The maximum absolute atomic E-state index is 5.92. The lowest BCUT2D eigenvalue weighted by atomic mass is 10.1. The van der Waals surface area contributed by atoms with Gasteiger partial charge in [0.25, 0.3) is 0 Å². The van der Waals surface area contributed by atoms with Crippen molar-refractivity contribution in [2.24, 2.45) is 0 Å². The standard InChI is InChI=1S/C17H24N4/c1-12-9-17(15-10-14(18)5-6-16(15)20-12)19-11-13(2)21-7-3-4-8-21/h5-6,9-10,13H,3-4,7-8,11,18H2,1-2H3,(H,19,20). The Kier molecular flexibility index (Phi) is 3.97. The van der Waals surface area contributed by atoms with Gasteiger partial charge in [0.05, 0.1) is 5.52 Å². The number of benzene rings is 1. The van der Waals surface area contributed by atoms with Crippen LogP contribution in [0.2, 0.25) is 0 Å². The molecular formula is C17H24N4. The summed E-state index contributed by atoms with van der Waals surface area (Å²) in [6.45, 7) is 7.74. The van der Waals surface area contributed by atoms with Gasteiger partial charge in [-0.2, -0.15) is 0 Å². The van der Waals surface area contributed by atoms with Crippen LogP contribution in [0.5, 0.6) is 0 Å². The highest BCUT2D eigenvalue weighted by atomic mass is 15.2. The minimum atomic E-state index is 0.553. The third-order valence-electron chi connectivity index (χ3n) is 4.31. The van der Waals surface area contributed by atoms with E-state index in [9.17, 15) is 0 Å². The number of nitrogens with zero attached hydrogens (tertiary/aromatic N) is 2. The summed E-state index contributed by atoms with van der Waals surface area (Å²) in [7, 11) is 0. The molecule has 2 heterocycles. The topological polar surface area (TPSA) is 54.2 Å². The molecule has 0 aliphatic carbocycles. The zero-order valence-electron chi connectivity index (χ0n) is 12.9. The number of nitrogens with two attached hydrogens (primary N) is 1. The van der Waals surface area contributed by atoms with Crippen LogP contribution in [0.15, 0.2) is 24.3 Å². The monoisotopic (exact) mass is 284 g/mol. The summed E-state index contributed by atoms with van der Waals surface area (Å²) in [5, 5.41) is 4.70. The second kappa shape index (κ2) is 5.90. The van der Waals surface area contributed by atoms with Gasteiger partial charge >= 0.3 is 0 Å². The molecule has 2 aromatic rings. The lowest BCUT2D eigenvalue weighted by Crippen LogP contribution is -2.35. The van der Waals surface area contributed by atoms with Crippen molar-refractivity contribution in [3.8, 4) is 0 Å². The maximum Gasteiger partial charge on any atom is 0.0727 e. The minimum absolute atomic E-state index is 0.553. The number of rotatable bonds is 4. The van der Waals surface area contributed by atoms with Gasteiger partial charge in [0.1, 0.15) is 0 Å². The molecule has 1 atom stereocenters. The second-order valence-corrected chi connectivity index (χ2v) is 6.06. The van der Waals surface area contributed by atoms with Crippen molar-refractivity contribution in [3.63, 3.8) is 0 Å². The molecule has 1 aliphatic heterocycles. The molecule has 112 valence electrons. The smallest absolute Gasteiger partial charge is 0.0727 e. The first-order valence-electron chi connectivity index (χ1n) is 7.78. The molecule has 1 aromatic heterocycles. The number of fused-ring (bicyclic) bond motifs is 1. The normalized spacial score (nSPS) is 17.2. The fraction of sp³-hybridized carbons (Fsp3) is 0.471. The van der Waals surface area contributed by atoms with Gasteiger partial charge in [-0.3, -0.25) is 9.88 Å².